The van der Waals surface area contributed by atoms with Crippen LogP contribution in [0.5, 0.6) is 0 Å². The van der Waals surface area contributed by atoms with Gasteiger partial charge in [-0.05, 0) is 48.9 Å². The monoisotopic (exact) mass is 507 g/mol. The van der Waals surface area contributed by atoms with Gasteiger partial charge < -0.3 is 5.32 Å². The molecule has 4 rings (SSSR count). The summed E-state index contributed by atoms with van der Waals surface area (Å²) in [5, 5.41) is 11.9. The Morgan fingerprint density at radius 2 is 1.63 bits per heavy atom. The minimum absolute atomic E-state index is 0.0391. The molecule has 0 bridgehead atoms. The smallest absolute Gasteiger partial charge is 0.240 e. The van der Waals surface area contributed by atoms with Gasteiger partial charge in [-0.25, -0.2) is 13.1 Å². The van der Waals surface area contributed by atoms with E-state index in [9.17, 15) is 13.2 Å². The van der Waals surface area contributed by atoms with Gasteiger partial charge in [0.15, 0.2) is 11.0 Å². The number of amides is 1. The van der Waals surface area contributed by atoms with Gasteiger partial charge in [0, 0.05) is 24.1 Å². The topological polar surface area (TPSA) is 106 Å². The van der Waals surface area contributed by atoms with Crippen LogP contribution in [0, 0.1) is 6.92 Å². The van der Waals surface area contributed by atoms with Crippen LogP contribution in [0.15, 0.2) is 88.9 Å². The fourth-order valence-corrected chi connectivity index (χ4v) is 5.25. The van der Waals surface area contributed by atoms with E-state index in [4.69, 9.17) is 0 Å². The highest BCUT2D eigenvalue weighted by molar-refractivity contribution is 7.98. The summed E-state index contributed by atoms with van der Waals surface area (Å²) in [7, 11) is -3.81. The van der Waals surface area contributed by atoms with Gasteiger partial charge in [-0.1, -0.05) is 59.8 Å². The lowest BCUT2D eigenvalue weighted by Crippen LogP contribution is -2.25. The van der Waals surface area contributed by atoms with E-state index in [0.717, 1.165) is 16.8 Å². The van der Waals surface area contributed by atoms with Crippen LogP contribution in [0.25, 0.3) is 5.69 Å². The Hall–Kier alpha value is -3.47. The summed E-state index contributed by atoms with van der Waals surface area (Å²) in [5.41, 5.74) is 3.65. The zero-order chi connectivity index (χ0) is 24.8. The van der Waals surface area contributed by atoms with E-state index in [-0.39, 0.29) is 17.3 Å². The number of carbonyl (C=O) groups is 1. The summed E-state index contributed by atoms with van der Waals surface area (Å²) in [6.45, 7) is 3.36. The molecule has 2 N–H and O–H groups in total. The first-order valence-electron chi connectivity index (χ1n) is 10.9. The molecule has 1 amide bonds. The second-order valence-electron chi connectivity index (χ2n) is 7.87. The van der Waals surface area contributed by atoms with Gasteiger partial charge in [-0.2, -0.15) is 0 Å². The fraction of sp³-hybridized carbons (Fsp3) is 0.160. The molecule has 0 aliphatic heterocycles. The zero-order valence-electron chi connectivity index (χ0n) is 19.3. The van der Waals surface area contributed by atoms with Gasteiger partial charge >= 0.3 is 0 Å². The molecule has 0 atom stereocenters. The molecule has 10 heteroatoms. The van der Waals surface area contributed by atoms with E-state index >= 15 is 0 Å². The number of aromatic nitrogens is 3. The summed E-state index contributed by atoms with van der Waals surface area (Å²) >= 11 is 1.53. The van der Waals surface area contributed by atoms with Gasteiger partial charge in [0.25, 0.3) is 0 Å². The summed E-state index contributed by atoms with van der Waals surface area (Å²) in [6, 6.07) is 23.9. The average molecular weight is 508 g/mol. The van der Waals surface area contributed by atoms with Crippen molar-refractivity contribution in [3.63, 3.8) is 0 Å². The van der Waals surface area contributed by atoms with Crippen LogP contribution in [0.3, 0.4) is 0 Å². The molecule has 1 heterocycles. The molecule has 0 saturated carbocycles. The molecule has 0 unspecified atom stereocenters. The number of anilines is 1. The number of nitrogens with zero attached hydrogens (tertiary/aromatic N) is 3. The molecule has 0 fully saturated rings. The number of benzene rings is 3. The van der Waals surface area contributed by atoms with Crippen LogP contribution < -0.4 is 10.0 Å². The van der Waals surface area contributed by atoms with Crippen LogP contribution in [0.2, 0.25) is 0 Å². The predicted molar refractivity (Wildman–Crippen MR) is 137 cm³/mol. The Kier molecular flexibility index (Phi) is 7.64. The first-order chi connectivity index (χ1) is 16.8. The van der Waals surface area contributed by atoms with Crippen LogP contribution in [0.1, 0.15) is 23.9 Å². The van der Waals surface area contributed by atoms with Gasteiger partial charge in [-0.15, -0.1) is 10.2 Å². The van der Waals surface area contributed by atoms with E-state index < -0.39 is 10.0 Å². The van der Waals surface area contributed by atoms with Crippen LogP contribution in [0.4, 0.5) is 5.69 Å². The lowest BCUT2D eigenvalue weighted by molar-refractivity contribution is -0.114. The molecule has 180 valence electrons. The van der Waals surface area contributed by atoms with Gasteiger partial charge in [0.1, 0.15) is 0 Å². The van der Waals surface area contributed by atoms with Gasteiger partial charge in [0.05, 0.1) is 11.4 Å². The van der Waals surface area contributed by atoms with Crippen LogP contribution in [-0.4, -0.2) is 29.1 Å². The van der Waals surface area contributed by atoms with Crippen LogP contribution >= 0.6 is 11.8 Å². The van der Waals surface area contributed by atoms with E-state index in [1.807, 2.05) is 66.1 Å². The second kappa shape index (κ2) is 10.9. The van der Waals surface area contributed by atoms with Crippen molar-refractivity contribution in [2.45, 2.75) is 36.2 Å². The zero-order valence-corrected chi connectivity index (χ0v) is 20.9. The van der Waals surface area contributed by atoms with Gasteiger partial charge in [0.2, 0.25) is 15.9 Å². The van der Waals surface area contributed by atoms with Crippen molar-refractivity contribution in [2.24, 2.45) is 0 Å². The highest BCUT2D eigenvalue weighted by Gasteiger charge is 2.19. The lowest BCUT2D eigenvalue weighted by atomic mass is 10.2. The van der Waals surface area contributed by atoms with E-state index in [2.05, 4.69) is 20.2 Å². The van der Waals surface area contributed by atoms with Crippen molar-refractivity contribution in [1.29, 1.82) is 0 Å². The third kappa shape index (κ3) is 6.36. The number of nitrogens with one attached hydrogen (secondary N) is 2. The number of hydrogen-bond donors (Lipinski definition) is 2. The van der Waals surface area contributed by atoms with Crippen molar-refractivity contribution < 1.29 is 13.2 Å². The number of rotatable bonds is 9. The number of carbonyl (C=O) groups excluding carboxylic acids is 1. The second-order valence-corrected chi connectivity index (χ2v) is 10.6. The third-order valence-corrected chi connectivity index (χ3v) is 7.53. The van der Waals surface area contributed by atoms with E-state index in [1.165, 1.54) is 30.8 Å². The summed E-state index contributed by atoms with van der Waals surface area (Å²) < 4.78 is 30.3. The molecular formula is C25H25N5O3S2. The lowest BCUT2D eigenvalue weighted by Gasteiger charge is -2.12. The minimum Gasteiger partial charge on any atom is -0.326 e. The Morgan fingerprint density at radius 3 is 2.29 bits per heavy atom. The summed E-state index contributed by atoms with van der Waals surface area (Å²) in [4.78, 5) is 11.3. The normalized spacial score (nSPS) is 11.4. The average Bonchev–Trinajstić information content (AvgIpc) is 3.25. The molecule has 0 aliphatic carbocycles. The molecule has 4 aromatic rings. The van der Waals surface area contributed by atoms with Crippen LogP contribution in [-0.2, 0) is 27.1 Å². The molecule has 0 spiro atoms. The van der Waals surface area contributed by atoms with Crippen molar-refractivity contribution in [3.05, 3.63) is 95.8 Å². The van der Waals surface area contributed by atoms with E-state index in [1.54, 1.807) is 12.1 Å². The molecule has 8 nitrogen and oxygen atoms in total. The fourth-order valence-electron chi connectivity index (χ4n) is 3.35. The predicted octanol–water partition coefficient (Wildman–Crippen LogP) is 4.30. The highest BCUT2D eigenvalue weighted by Crippen LogP contribution is 2.26. The maximum Gasteiger partial charge on any atom is 0.240 e. The maximum absolute atomic E-state index is 12.9. The molecular weight excluding hydrogens is 482 g/mol. The molecule has 0 radical (unpaired) electrons. The Morgan fingerprint density at radius 1 is 0.943 bits per heavy atom. The molecule has 1 aromatic heterocycles. The standard InChI is InChI=1S/C25H25N5O3S2/c1-18-8-12-22(13-9-18)30-24(28-29-25(30)34-17-20-6-4-3-5-7-20)16-26-35(32,33)23-14-10-21(11-15-23)27-19(2)31/h3-15,26H,16-17H2,1-2H3,(H,27,31). The minimum atomic E-state index is -3.81. The van der Waals surface area contributed by atoms with E-state index in [0.29, 0.717) is 22.4 Å². The number of hydrogen-bond acceptors (Lipinski definition) is 6. The first-order valence-corrected chi connectivity index (χ1v) is 13.3. The Labute approximate surface area is 208 Å². The van der Waals surface area contributed by atoms with Gasteiger partial charge in [-0.3, -0.25) is 9.36 Å². The SMILES string of the molecule is CC(=O)Nc1ccc(S(=O)(=O)NCc2nnc(SCc3ccccc3)n2-c2ccc(C)cc2)cc1. The molecule has 3 aromatic carbocycles. The maximum atomic E-state index is 12.9. The Balaban J connectivity index is 1.56. The number of aryl methyl sites for hydroxylation is 1. The molecule has 0 aliphatic rings. The first kappa shape index (κ1) is 24.6. The summed E-state index contributed by atoms with van der Waals surface area (Å²) in [5.74, 6) is 0.954. The molecule has 35 heavy (non-hydrogen) atoms. The van der Waals surface area contributed by atoms with Crippen molar-refractivity contribution in [2.75, 3.05) is 5.32 Å². The number of thioether (sulfide) groups is 1. The summed E-state index contributed by atoms with van der Waals surface area (Å²) in [6.07, 6.45) is 0. The largest absolute Gasteiger partial charge is 0.326 e. The highest BCUT2D eigenvalue weighted by atomic mass is 32.2. The third-order valence-electron chi connectivity index (χ3n) is 5.11. The van der Waals surface area contributed by atoms with Crippen molar-refractivity contribution in [1.82, 2.24) is 19.5 Å². The van der Waals surface area contributed by atoms with Crippen molar-refractivity contribution >= 4 is 33.4 Å². The quantitative estimate of drug-likeness (QED) is 0.327. The Bertz CT molecular complexity index is 1400. The molecule has 0 saturated heterocycles. The number of sulfonamides is 1. The van der Waals surface area contributed by atoms with Crippen molar-refractivity contribution in [3.8, 4) is 5.69 Å².